The van der Waals surface area contributed by atoms with Crippen molar-refractivity contribution in [3.05, 3.63) is 49.1 Å². The SMILES string of the molecule is CNc1cccc(Nc2nccn3ccnc23)c1. The molecule has 0 saturated heterocycles. The van der Waals surface area contributed by atoms with Gasteiger partial charge in [-0.15, -0.1) is 0 Å². The van der Waals surface area contributed by atoms with Crippen LogP contribution in [0.3, 0.4) is 0 Å². The molecule has 2 N–H and O–H groups in total. The van der Waals surface area contributed by atoms with Crippen LogP contribution in [0.4, 0.5) is 17.2 Å². The summed E-state index contributed by atoms with van der Waals surface area (Å²) in [7, 11) is 1.90. The number of imidazole rings is 1. The smallest absolute Gasteiger partial charge is 0.180 e. The van der Waals surface area contributed by atoms with Gasteiger partial charge in [0.15, 0.2) is 11.5 Å². The number of anilines is 3. The molecule has 1 aromatic carbocycles. The molecule has 5 nitrogen and oxygen atoms in total. The number of hydrogen-bond donors (Lipinski definition) is 2. The van der Waals surface area contributed by atoms with E-state index in [-0.39, 0.29) is 0 Å². The zero-order chi connectivity index (χ0) is 12.4. The highest BCUT2D eigenvalue weighted by Crippen LogP contribution is 2.20. The Morgan fingerprint density at radius 2 is 1.83 bits per heavy atom. The van der Waals surface area contributed by atoms with E-state index in [4.69, 9.17) is 0 Å². The third-order valence-electron chi connectivity index (χ3n) is 2.73. The minimum absolute atomic E-state index is 0.746. The number of benzene rings is 1. The van der Waals surface area contributed by atoms with Crippen LogP contribution in [0.15, 0.2) is 49.1 Å². The molecular weight excluding hydrogens is 226 g/mol. The topological polar surface area (TPSA) is 54.2 Å². The van der Waals surface area contributed by atoms with Crippen LogP contribution in [-0.2, 0) is 0 Å². The molecule has 5 heteroatoms. The summed E-state index contributed by atoms with van der Waals surface area (Å²) >= 11 is 0. The van der Waals surface area contributed by atoms with E-state index in [9.17, 15) is 0 Å². The van der Waals surface area contributed by atoms with Crippen molar-refractivity contribution < 1.29 is 0 Å². The van der Waals surface area contributed by atoms with Crippen LogP contribution in [0.1, 0.15) is 0 Å². The monoisotopic (exact) mass is 239 g/mol. The average molecular weight is 239 g/mol. The highest BCUT2D eigenvalue weighted by Gasteiger charge is 2.04. The number of nitrogens with zero attached hydrogens (tertiary/aromatic N) is 3. The summed E-state index contributed by atoms with van der Waals surface area (Å²) in [6.45, 7) is 0. The van der Waals surface area contributed by atoms with Gasteiger partial charge in [0.25, 0.3) is 0 Å². The van der Waals surface area contributed by atoms with E-state index in [1.165, 1.54) is 0 Å². The lowest BCUT2D eigenvalue weighted by molar-refractivity contribution is 1.13. The lowest BCUT2D eigenvalue weighted by Crippen LogP contribution is -1.98. The Morgan fingerprint density at radius 1 is 1.06 bits per heavy atom. The Hall–Kier alpha value is -2.56. The largest absolute Gasteiger partial charge is 0.388 e. The van der Waals surface area contributed by atoms with Crippen LogP contribution in [-0.4, -0.2) is 21.4 Å². The first kappa shape index (κ1) is 10.6. The maximum Gasteiger partial charge on any atom is 0.180 e. The lowest BCUT2D eigenvalue weighted by Gasteiger charge is -2.08. The van der Waals surface area contributed by atoms with Gasteiger partial charge in [0.05, 0.1) is 0 Å². The van der Waals surface area contributed by atoms with Crippen molar-refractivity contribution in [2.75, 3.05) is 17.7 Å². The highest BCUT2D eigenvalue weighted by molar-refractivity contribution is 5.71. The van der Waals surface area contributed by atoms with Crippen LogP contribution in [0.5, 0.6) is 0 Å². The molecule has 0 spiro atoms. The van der Waals surface area contributed by atoms with Gasteiger partial charge in [-0.3, -0.25) is 0 Å². The van der Waals surface area contributed by atoms with E-state index in [1.54, 1.807) is 12.4 Å². The summed E-state index contributed by atoms with van der Waals surface area (Å²) < 4.78 is 1.93. The Morgan fingerprint density at radius 3 is 2.67 bits per heavy atom. The van der Waals surface area contributed by atoms with E-state index in [0.29, 0.717) is 0 Å². The molecule has 2 heterocycles. The molecular formula is C13H13N5. The molecule has 0 aliphatic heterocycles. The Kier molecular flexibility index (Phi) is 2.57. The fraction of sp³-hybridized carbons (Fsp3) is 0.0769. The normalized spacial score (nSPS) is 10.5. The van der Waals surface area contributed by atoms with Crippen molar-refractivity contribution in [3.8, 4) is 0 Å². The van der Waals surface area contributed by atoms with Crippen LogP contribution in [0.2, 0.25) is 0 Å². The second kappa shape index (κ2) is 4.37. The molecule has 0 aliphatic carbocycles. The number of nitrogens with one attached hydrogen (secondary N) is 2. The Bertz CT molecular complexity index is 674. The van der Waals surface area contributed by atoms with Gasteiger partial charge in [-0.25, -0.2) is 9.97 Å². The zero-order valence-electron chi connectivity index (χ0n) is 9.96. The molecule has 90 valence electrons. The summed E-state index contributed by atoms with van der Waals surface area (Å²) in [5.74, 6) is 0.746. The third kappa shape index (κ3) is 1.86. The van der Waals surface area contributed by atoms with Gasteiger partial charge >= 0.3 is 0 Å². The van der Waals surface area contributed by atoms with Crippen molar-refractivity contribution in [1.29, 1.82) is 0 Å². The summed E-state index contributed by atoms with van der Waals surface area (Å²) in [4.78, 5) is 8.59. The second-order valence-electron chi connectivity index (χ2n) is 3.89. The molecule has 0 aliphatic rings. The van der Waals surface area contributed by atoms with Crippen LogP contribution < -0.4 is 10.6 Å². The zero-order valence-corrected chi connectivity index (χ0v) is 9.96. The molecule has 3 aromatic rings. The van der Waals surface area contributed by atoms with Gasteiger partial charge < -0.3 is 15.0 Å². The molecule has 3 rings (SSSR count). The standard InChI is InChI=1S/C13H13N5/c1-14-10-3-2-4-11(9-10)17-12-13-16-6-8-18(13)7-5-15-12/h2-9,14H,1H3,(H,15,17). The fourth-order valence-corrected chi connectivity index (χ4v) is 1.83. The second-order valence-corrected chi connectivity index (χ2v) is 3.89. The van der Waals surface area contributed by atoms with Gasteiger partial charge in [0, 0.05) is 43.2 Å². The van der Waals surface area contributed by atoms with E-state index >= 15 is 0 Å². The van der Waals surface area contributed by atoms with Crippen molar-refractivity contribution in [2.24, 2.45) is 0 Å². The Balaban J connectivity index is 1.98. The van der Waals surface area contributed by atoms with Gasteiger partial charge in [0.2, 0.25) is 0 Å². The third-order valence-corrected chi connectivity index (χ3v) is 2.73. The first-order valence-corrected chi connectivity index (χ1v) is 5.69. The number of aromatic nitrogens is 3. The number of fused-ring (bicyclic) bond motifs is 1. The molecule has 0 atom stereocenters. The summed E-state index contributed by atoms with van der Waals surface area (Å²) in [5, 5.41) is 6.38. The maximum atomic E-state index is 4.32. The van der Waals surface area contributed by atoms with Crippen LogP contribution in [0, 0.1) is 0 Å². The van der Waals surface area contributed by atoms with Gasteiger partial charge in [-0.2, -0.15) is 0 Å². The molecule has 0 bridgehead atoms. The van der Waals surface area contributed by atoms with Crippen molar-refractivity contribution in [3.63, 3.8) is 0 Å². The van der Waals surface area contributed by atoms with Crippen molar-refractivity contribution >= 4 is 22.8 Å². The quantitative estimate of drug-likeness (QED) is 0.737. The van der Waals surface area contributed by atoms with Crippen LogP contribution >= 0.6 is 0 Å². The Labute approximate surface area is 105 Å². The van der Waals surface area contributed by atoms with Gasteiger partial charge in [0.1, 0.15) is 0 Å². The average Bonchev–Trinajstić information content (AvgIpc) is 2.88. The lowest BCUT2D eigenvalue weighted by atomic mass is 10.3. The van der Waals surface area contributed by atoms with E-state index in [0.717, 1.165) is 22.8 Å². The molecule has 0 unspecified atom stereocenters. The highest BCUT2D eigenvalue weighted by atomic mass is 15.1. The van der Waals surface area contributed by atoms with Gasteiger partial charge in [-0.1, -0.05) is 6.07 Å². The van der Waals surface area contributed by atoms with Crippen LogP contribution in [0.25, 0.3) is 5.65 Å². The summed E-state index contributed by atoms with van der Waals surface area (Å²) in [6.07, 6.45) is 7.27. The summed E-state index contributed by atoms with van der Waals surface area (Å²) in [5.41, 5.74) is 2.84. The molecule has 0 amide bonds. The van der Waals surface area contributed by atoms with E-state index in [1.807, 2.05) is 48.1 Å². The first-order chi connectivity index (χ1) is 8.86. The van der Waals surface area contributed by atoms with Gasteiger partial charge in [-0.05, 0) is 18.2 Å². The van der Waals surface area contributed by atoms with Crippen molar-refractivity contribution in [2.45, 2.75) is 0 Å². The maximum absolute atomic E-state index is 4.32. The fourth-order valence-electron chi connectivity index (χ4n) is 1.83. The number of rotatable bonds is 3. The van der Waals surface area contributed by atoms with Crippen molar-refractivity contribution in [1.82, 2.24) is 14.4 Å². The minimum Gasteiger partial charge on any atom is -0.388 e. The molecule has 0 fully saturated rings. The van der Waals surface area contributed by atoms with E-state index in [2.05, 4.69) is 20.6 Å². The molecule has 0 radical (unpaired) electrons. The van der Waals surface area contributed by atoms with E-state index < -0.39 is 0 Å². The molecule has 0 saturated carbocycles. The predicted octanol–water partition coefficient (Wildman–Crippen LogP) is 2.51. The number of hydrogen-bond acceptors (Lipinski definition) is 4. The summed E-state index contributed by atoms with van der Waals surface area (Å²) in [6, 6.07) is 8.01. The molecule has 2 aromatic heterocycles. The minimum atomic E-state index is 0.746. The first-order valence-electron chi connectivity index (χ1n) is 5.69. The molecule has 18 heavy (non-hydrogen) atoms. The predicted molar refractivity (Wildman–Crippen MR) is 72.3 cm³/mol.